The Morgan fingerprint density at radius 1 is 1.28 bits per heavy atom. The van der Waals surface area contributed by atoms with Crippen molar-refractivity contribution in [2.45, 2.75) is 4.90 Å². The highest BCUT2D eigenvalue weighted by atomic mass is 32.2. The Bertz CT molecular complexity index is 768. The zero-order valence-electron chi connectivity index (χ0n) is 13.1. The van der Waals surface area contributed by atoms with Crippen LogP contribution >= 0.6 is 11.8 Å². The fraction of sp³-hybridized carbons (Fsp3) is 0.125. The van der Waals surface area contributed by atoms with Crippen LogP contribution in [-0.4, -0.2) is 34.6 Å². The molecule has 8 nitrogen and oxygen atoms in total. The van der Waals surface area contributed by atoms with Gasteiger partial charge in [-0.15, -0.1) is 11.8 Å². The molecule has 2 rings (SSSR count). The molecule has 2 aromatic rings. The van der Waals surface area contributed by atoms with Gasteiger partial charge in [0.05, 0.1) is 22.6 Å². The van der Waals surface area contributed by atoms with Crippen molar-refractivity contribution in [2.75, 3.05) is 17.7 Å². The van der Waals surface area contributed by atoms with E-state index in [1.807, 2.05) is 6.07 Å². The number of nitrogens with zero attached hydrogens (tertiary/aromatic N) is 2. The maximum Gasteiger partial charge on any atom is 0.339 e. The van der Waals surface area contributed by atoms with Gasteiger partial charge in [-0.1, -0.05) is 24.3 Å². The lowest BCUT2D eigenvalue weighted by Crippen LogP contribution is -2.24. The number of anilines is 1. The molecule has 0 aromatic heterocycles. The molecule has 0 bridgehead atoms. The van der Waals surface area contributed by atoms with Crippen molar-refractivity contribution < 1.29 is 14.8 Å². The standard InChI is InChI=1S/C16H16N4O4S/c21-8-9-25-15-7-6-12(10-14(15)20(23)24)11-17-19-16(22)18-13-4-2-1-3-5-13/h1-7,10-11,21H,8-9H2,(H2,18,19,22). The smallest absolute Gasteiger partial charge is 0.339 e. The Labute approximate surface area is 148 Å². The molecule has 0 spiro atoms. The molecule has 0 aliphatic rings. The van der Waals surface area contributed by atoms with E-state index in [0.717, 1.165) is 0 Å². The van der Waals surface area contributed by atoms with Crippen LogP contribution in [0.15, 0.2) is 58.5 Å². The first-order chi connectivity index (χ1) is 12.1. The predicted molar refractivity (Wildman–Crippen MR) is 97.1 cm³/mol. The number of thioether (sulfide) groups is 1. The van der Waals surface area contributed by atoms with Crippen LogP contribution in [0.1, 0.15) is 5.56 Å². The van der Waals surface area contributed by atoms with Gasteiger partial charge in [-0.2, -0.15) is 5.10 Å². The van der Waals surface area contributed by atoms with Crippen LogP contribution in [-0.2, 0) is 0 Å². The second kappa shape index (κ2) is 9.40. The topological polar surface area (TPSA) is 117 Å². The molecular weight excluding hydrogens is 344 g/mol. The van der Waals surface area contributed by atoms with Gasteiger partial charge in [0.15, 0.2) is 0 Å². The Morgan fingerprint density at radius 2 is 2.04 bits per heavy atom. The molecule has 130 valence electrons. The summed E-state index contributed by atoms with van der Waals surface area (Å²) in [5, 5.41) is 26.3. The Balaban J connectivity index is 1.99. The van der Waals surface area contributed by atoms with Gasteiger partial charge in [0, 0.05) is 23.1 Å². The third kappa shape index (κ3) is 5.90. The summed E-state index contributed by atoms with van der Waals surface area (Å²) in [5.41, 5.74) is 3.31. The molecule has 9 heteroatoms. The molecule has 2 aromatic carbocycles. The molecular formula is C16H16N4O4S. The second-order valence-corrected chi connectivity index (χ2v) is 5.88. The number of amides is 2. The number of rotatable bonds is 7. The average Bonchev–Trinajstić information content (AvgIpc) is 2.61. The van der Waals surface area contributed by atoms with Gasteiger partial charge < -0.3 is 10.4 Å². The molecule has 25 heavy (non-hydrogen) atoms. The summed E-state index contributed by atoms with van der Waals surface area (Å²) in [6, 6.07) is 12.9. The van der Waals surface area contributed by atoms with Crippen molar-refractivity contribution in [3.63, 3.8) is 0 Å². The van der Waals surface area contributed by atoms with E-state index in [1.165, 1.54) is 24.0 Å². The number of benzene rings is 2. The number of aliphatic hydroxyl groups excluding tert-OH is 1. The first-order valence-corrected chi connectivity index (χ1v) is 8.26. The third-order valence-electron chi connectivity index (χ3n) is 2.94. The molecule has 3 N–H and O–H groups in total. The highest BCUT2D eigenvalue weighted by molar-refractivity contribution is 7.99. The molecule has 0 atom stereocenters. The van der Waals surface area contributed by atoms with Gasteiger partial charge in [0.25, 0.3) is 5.69 Å². The van der Waals surface area contributed by atoms with E-state index in [-0.39, 0.29) is 12.3 Å². The van der Waals surface area contributed by atoms with Gasteiger partial charge in [-0.25, -0.2) is 10.2 Å². The minimum absolute atomic E-state index is 0.0640. The summed E-state index contributed by atoms with van der Waals surface area (Å²) in [7, 11) is 0. The minimum Gasteiger partial charge on any atom is -0.396 e. The molecule has 0 aliphatic heterocycles. The maximum atomic E-state index is 11.7. The number of nitro benzene ring substituents is 1. The van der Waals surface area contributed by atoms with E-state index >= 15 is 0 Å². The van der Waals surface area contributed by atoms with Gasteiger partial charge in [-0.05, 0) is 18.2 Å². The van der Waals surface area contributed by atoms with E-state index in [1.54, 1.807) is 36.4 Å². The lowest BCUT2D eigenvalue weighted by atomic mass is 10.2. The van der Waals surface area contributed by atoms with Crippen molar-refractivity contribution in [2.24, 2.45) is 5.10 Å². The highest BCUT2D eigenvalue weighted by Gasteiger charge is 2.14. The molecule has 0 heterocycles. The number of nitrogens with one attached hydrogen (secondary N) is 2. The van der Waals surface area contributed by atoms with E-state index < -0.39 is 11.0 Å². The van der Waals surface area contributed by atoms with Crippen LogP contribution in [0, 0.1) is 10.1 Å². The number of para-hydroxylation sites is 1. The lowest BCUT2D eigenvalue weighted by molar-refractivity contribution is -0.387. The molecule has 2 amide bonds. The number of hydrazone groups is 1. The molecule has 0 saturated heterocycles. The van der Waals surface area contributed by atoms with Gasteiger partial charge in [0.2, 0.25) is 0 Å². The van der Waals surface area contributed by atoms with E-state index in [2.05, 4.69) is 15.8 Å². The number of urea groups is 1. The summed E-state index contributed by atoms with van der Waals surface area (Å²) in [4.78, 5) is 22.8. The number of carbonyl (C=O) groups is 1. The summed E-state index contributed by atoms with van der Waals surface area (Å²) < 4.78 is 0. The van der Waals surface area contributed by atoms with E-state index in [4.69, 9.17) is 5.11 Å². The summed E-state index contributed by atoms with van der Waals surface area (Å²) >= 11 is 1.20. The fourth-order valence-corrected chi connectivity index (χ4v) is 2.64. The zero-order chi connectivity index (χ0) is 18.1. The van der Waals surface area contributed by atoms with Gasteiger partial charge >= 0.3 is 6.03 Å². The third-order valence-corrected chi connectivity index (χ3v) is 3.98. The Kier molecular flexibility index (Phi) is 6.93. The SMILES string of the molecule is O=C(NN=Cc1ccc(SCCO)c([N+](=O)[O-])c1)Nc1ccccc1. The van der Waals surface area contributed by atoms with Crippen molar-refractivity contribution in [3.05, 3.63) is 64.2 Å². The van der Waals surface area contributed by atoms with Crippen LogP contribution < -0.4 is 10.7 Å². The average molecular weight is 360 g/mol. The summed E-state index contributed by atoms with van der Waals surface area (Å²) in [6.07, 6.45) is 1.32. The van der Waals surface area contributed by atoms with Crippen molar-refractivity contribution in [3.8, 4) is 0 Å². The second-order valence-electron chi connectivity index (χ2n) is 4.75. The molecule has 0 radical (unpaired) electrons. The van der Waals surface area contributed by atoms with Crippen LogP contribution in [0.2, 0.25) is 0 Å². The maximum absolute atomic E-state index is 11.7. The number of nitro groups is 1. The van der Waals surface area contributed by atoms with Crippen LogP contribution in [0.4, 0.5) is 16.2 Å². The van der Waals surface area contributed by atoms with Crippen molar-refractivity contribution >= 4 is 35.4 Å². The molecule has 0 aliphatic carbocycles. The predicted octanol–water partition coefficient (Wildman–Crippen LogP) is 2.83. The summed E-state index contributed by atoms with van der Waals surface area (Å²) in [6.45, 7) is -0.0640. The van der Waals surface area contributed by atoms with Crippen LogP contribution in [0.3, 0.4) is 0 Å². The van der Waals surface area contributed by atoms with E-state index in [9.17, 15) is 14.9 Å². The largest absolute Gasteiger partial charge is 0.396 e. The van der Waals surface area contributed by atoms with E-state index in [0.29, 0.717) is 21.9 Å². The van der Waals surface area contributed by atoms with Crippen molar-refractivity contribution in [1.29, 1.82) is 0 Å². The van der Waals surface area contributed by atoms with Gasteiger partial charge in [0.1, 0.15) is 0 Å². The lowest BCUT2D eigenvalue weighted by Gasteiger charge is -2.04. The Morgan fingerprint density at radius 3 is 2.72 bits per heavy atom. The first kappa shape index (κ1) is 18.4. The fourth-order valence-electron chi connectivity index (χ4n) is 1.88. The number of hydrogen-bond acceptors (Lipinski definition) is 6. The molecule has 0 saturated carbocycles. The Hall–Kier alpha value is -2.91. The molecule has 0 unspecified atom stereocenters. The summed E-state index contributed by atoms with van der Waals surface area (Å²) in [5.74, 6) is 0.371. The number of hydrogen-bond donors (Lipinski definition) is 3. The van der Waals surface area contributed by atoms with Crippen LogP contribution in [0.25, 0.3) is 0 Å². The zero-order valence-corrected chi connectivity index (χ0v) is 13.9. The quantitative estimate of drug-likeness (QED) is 0.304. The number of aliphatic hydroxyl groups is 1. The number of carbonyl (C=O) groups excluding carboxylic acids is 1. The normalized spacial score (nSPS) is 10.6. The van der Waals surface area contributed by atoms with Crippen LogP contribution in [0.5, 0.6) is 0 Å². The van der Waals surface area contributed by atoms with Crippen molar-refractivity contribution in [1.82, 2.24) is 5.43 Å². The molecule has 0 fully saturated rings. The highest BCUT2D eigenvalue weighted by Crippen LogP contribution is 2.29. The van der Waals surface area contributed by atoms with Gasteiger partial charge in [-0.3, -0.25) is 10.1 Å². The first-order valence-electron chi connectivity index (χ1n) is 7.27. The monoisotopic (exact) mass is 360 g/mol. The minimum atomic E-state index is -0.521.